The van der Waals surface area contributed by atoms with Crippen molar-refractivity contribution in [1.82, 2.24) is 15.0 Å². The van der Waals surface area contributed by atoms with E-state index in [-0.39, 0.29) is 0 Å². The lowest BCUT2D eigenvalue weighted by molar-refractivity contribution is 0.873. The van der Waals surface area contributed by atoms with Crippen LogP contribution >= 0.6 is 0 Å². The molecule has 2 aromatic rings. The molecule has 2 heterocycles. The van der Waals surface area contributed by atoms with Gasteiger partial charge >= 0.3 is 0 Å². The van der Waals surface area contributed by atoms with Gasteiger partial charge in [-0.1, -0.05) is 0 Å². The van der Waals surface area contributed by atoms with Gasteiger partial charge in [0.2, 0.25) is 0 Å². The number of aromatic nitrogens is 3. The van der Waals surface area contributed by atoms with Crippen molar-refractivity contribution in [1.29, 1.82) is 0 Å². The van der Waals surface area contributed by atoms with E-state index >= 15 is 0 Å². The van der Waals surface area contributed by atoms with E-state index in [2.05, 4.69) is 34.1 Å². The van der Waals surface area contributed by atoms with E-state index in [1.54, 1.807) is 0 Å². The Bertz CT molecular complexity index is 511. The van der Waals surface area contributed by atoms with Crippen LogP contribution in [0.25, 0.3) is 11.0 Å². The third kappa shape index (κ3) is 1.64. The second kappa shape index (κ2) is 3.47. The summed E-state index contributed by atoms with van der Waals surface area (Å²) in [5, 5.41) is 4.47. The van der Waals surface area contributed by atoms with E-state index in [0.717, 1.165) is 22.7 Å². The van der Waals surface area contributed by atoms with Crippen molar-refractivity contribution in [3.63, 3.8) is 0 Å². The molecule has 2 N–H and O–H groups in total. The summed E-state index contributed by atoms with van der Waals surface area (Å²) >= 11 is 0. The third-order valence-corrected chi connectivity index (χ3v) is 2.80. The smallest absolute Gasteiger partial charge is 0.143 e. The molecule has 1 fully saturated rings. The lowest BCUT2D eigenvalue weighted by Gasteiger charge is -2.11. The van der Waals surface area contributed by atoms with Gasteiger partial charge in [0.25, 0.3) is 0 Å². The van der Waals surface area contributed by atoms with Gasteiger partial charge < -0.3 is 10.3 Å². The maximum Gasteiger partial charge on any atom is 0.143 e. The van der Waals surface area contributed by atoms with Gasteiger partial charge in [-0.05, 0) is 32.8 Å². The van der Waals surface area contributed by atoms with Crippen molar-refractivity contribution in [2.75, 3.05) is 5.32 Å². The summed E-state index contributed by atoms with van der Waals surface area (Å²) in [6.07, 6.45) is 4.38. The molecule has 16 heavy (non-hydrogen) atoms. The van der Waals surface area contributed by atoms with Crippen LogP contribution in [-0.2, 0) is 0 Å². The molecular weight excluding hydrogens is 200 g/mol. The Kier molecular flexibility index (Phi) is 2.09. The van der Waals surface area contributed by atoms with Crippen LogP contribution in [0.3, 0.4) is 0 Å². The van der Waals surface area contributed by atoms with E-state index in [1.165, 1.54) is 12.8 Å². The second-order valence-corrected chi connectivity index (χ2v) is 4.74. The molecule has 0 spiro atoms. The Labute approximate surface area is 94.5 Å². The minimum Gasteiger partial charge on any atom is -0.367 e. The molecule has 1 aliphatic carbocycles. The number of H-pyrrole nitrogens is 1. The van der Waals surface area contributed by atoms with Gasteiger partial charge in [0.1, 0.15) is 17.3 Å². The molecule has 4 nitrogen and oxygen atoms in total. The Hall–Kier alpha value is -1.58. The molecule has 3 rings (SSSR count). The Morgan fingerprint density at radius 3 is 2.88 bits per heavy atom. The summed E-state index contributed by atoms with van der Waals surface area (Å²) in [7, 11) is 0. The summed E-state index contributed by atoms with van der Waals surface area (Å²) in [5.41, 5.74) is 0.944. The molecule has 0 bridgehead atoms. The standard InChI is InChI=1S/C12H16N4/c1-7(2)14-12-9-5-6-13-11(9)15-10(16-12)8-3-4-8/h5-8H,3-4H2,1-2H3,(H2,13,14,15,16). The van der Waals surface area contributed by atoms with E-state index in [1.807, 2.05) is 12.3 Å². The molecule has 0 unspecified atom stereocenters. The number of fused-ring (bicyclic) bond motifs is 1. The van der Waals surface area contributed by atoms with Crippen molar-refractivity contribution in [2.45, 2.75) is 38.6 Å². The number of nitrogens with one attached hydrogen (secondary N) is 2. The van der Waals surface area contributed by atoms with E-state index in [4.69, 9.17) is 0 Å². The largest absolute Gasteiger partial charge is 0.367 e. The number of hydrogen-bond donors (Lipinski definition) is 2. The number of hydrogen-bond acceptors (Lipinski definition) is 3. The van der Waals surface area contributed by atoms with Crippen LogP contribution in [0.4, 0.5) is 5.82 Å². The highest BCUT2D eigenvalue weighted by molar-refractivity contribution is 5.87. The second-order valence-electron chi connectivity index (χ2n) is 4.74. The predicted molar refractivity (Wildman–Crippen MR) is 64.6 cm³/mol. The van der Waals surface area contributed by atoms with Gasteiger partial charge in [-0.25, -0.2) is 9.97 Å². The number of nitrogens with zero attached hydrogens (tertiary/aromatic N) is 2. The Balaban J connectivity index is 2.10. The first-order chi connectivity index (χ1) is 7.74. The highest BCUT2D eigenvalue weighted by atomic mass is 15.1. The van der Waals surface area contributed by atoms with Gasteiger partial charge in [-0.15, -0.1) is 0 Å². The Morgan fingerprint density at radius 2 is 2.19 bits per heavy atom. The molecule has 0 aliphatic heterocycles. The summed E-state index contributed by atoms with van der Waals surface area (Å²) in [5.74, 6) is 2.53. The van der Waals surface area contributed by atoms with E-state index in [0.29, 0.717) is 12.0 Å². The van der Waals surface area contributed by atoms with Crippen molar-refractivity contribution < 1.29 is 0 Å². The minimum atomic E-state index is 0.389. The lowest BCUT2D eigenvalue weighted by atomic mass is 10.3. The molecule has 0 aromatic carbocycles. The highest BCUT2D eigenvalue weighted by Gasteiger charge is 2.27. The van der Waals surface area contributed by atoms with Crippen LogP contribution in [0.15, 0.2) is 12.3 Å². The van der Waals surface area contributed by atoms with Crippen molar-refractivity contribution in [2.24, 2.45) is 0 Å². The molecule has 0 amide bonds. The fourth-order valence-corrected chi connectivity index (χ4v) is 1.87. The van der Waals surface area contributed by atoms with Gasteiger partial charge in [-0.2, -0.15) is 0 Å². The normalized spacial score (nSPS) is 15.9. The van der Waals surface area contributed by atoms with E-state index in [9.17, 15) is 0 Å². The first kappa shape index (κ1) is 9.63. The third-order valence-electron chi connectivity index (χ3n) is 2.80. The van der Waals surface area contributed by atoms with Crippen LogP contribution < -0.4 is 5.32 Å². The number of rotatable bonds is 3. The number of aromatic amines is 1. The molecule has 4 heteroatoms. The lowest BCUT2D eigenvalue weighted by Crippen LogP contribution is -2.12. The molecule has 0 saturated heterocycles. The quantitative estimate of drug-likeness (QED) is 0.829. The SMILES string of the molecule is CC(C)Nc1nc(C2CC2)nc2[nH]ccc12. The monoisotopic (exact) mass is 216 g/mol. The molecule has 1 saturated carbocycles. The summed E-state index contributed by atoms with van der Waals surface area (Å²) < 4.78 is 0. The zero-order valence-electron chi connectivity index (χ0n) is 9.62. The summed E-state index contributed by atoms with van der Waals surface area (Å²) in [4.78, 5) is 12.4. The van der Waals surface area contributed by atoms with Crippen LogP contribution in [0, 0.1) is 0 Å². The molecule has 1 aliphatic rings. The molecular formula is C12H16N4. The van der Waals surface area contributed by atoms with Crippen molar-refractivity contribution >= 4 is 16.9 Å². The van der Waals surface area contributed by atoms with Crippen LogP contribution in [-0.4, -0.2) is 21.0 Å². The molecule has 84 valence electrons. The zero-order valence-corrected chi connectivity index (χ0v) is 9.62. The van der Waals surface area contributed by atoms with Crippen molar-refractivity contribution in [3.05, 3.63) is 18.1 Å². The number of anilines is 1. The van der Waals surface area contributed by atoms with Gasteiger partial charge in [0.15, 0.2) is 0 Å². The van der Waals surface area contributed by atoms with Crippen LogP contribution in [0.5, 0.6) is 0 Å². The van der Waals surface area contributed by atoms with Gasteiger partial charge in [0, 0.05) is 18.2 Å². The van der Waals surface area contributed by atoms with Crippen LogP contribution in [0.2, 0.25) is 0 Å². The summed E-state index contributed by atoms with van der Waals surface area (Å²) in [6, 6.07) is 2.41. The van der Waals surface area contributed by atoms with Crippen molar-refractivity contribution in [3.8, 4) is 0 Å². The topological polar surface area (TPSA) is 53.6 Å². The minimum absolute atomic E-state index is 0.389. The van der Waals surface area contributed by atoms with Crippen LogP contribution in [0.1, 0.15) is 38.4 Å². The average Bonchev–Trinajstić information content (AvgIpc) is 2.96. The first-order valence-electron chi connectivity index (χ1n) is 5.85. The molecule has 0 radical (unpaired) electrons. The van der Waals surface area contributed by atoms with Gasteiger partial charge in [0.05, 0.1) is 5.39 Å². The molecule has 0 atom stereocenters. The fraction of sp³-hybridized carbons (Fsp3) is 0.500. The fourth-order valence-electron chi connectivity index (χ4n) is 1.87. The average molecular weight is 216 g/mol. The van der Waals surface area contributed by atoms with Gasteiger partial charge in [-0.3, -0.25) is 0 Å². The maximum absolute atomic E-state index is 4.63. The zero-order chi connectivity index (χ0) is 11.1. The maximum atomic E-state index is 4.63. The van der Waals surface area contributed by atoms with E-state index < -0.39 is 0 Å². The molecule has 2 aromatic heterocycles. The predicted octanol–water partition coefficient (Wildman–Crippen LogP) is 2.66. The first-order valence-corrected chi connectivity index (χ1v) is 5.85. The highest BCUT2D eigenvalue weighted by Crippen LogP contribution is 2.39. The Morgan fingerprint density at radius 1 is 1.38 bits per heavy atom. The summed E-state index contributed by atoms with van der Waals surface area (Å²) in [6.45, 7) is 4.24.